The summed E-state index contributed by atoms with van der Waals surface area (Å²) in [5, 5.41) is 11.2. The molecular weight excluding hydrogens is 367 g/mol. The number of halogens is 1. The van der Waals surface area contributed by atoms with Crippen LogP contribution in [0.3, 0.4) is 0 Å². The molecule has 0 fully saturated rings. The van der Waals surface area contributed by atoms with Crippen molar-refractivity contribution in [1.29, 1.82) is 0 Å². The van der Waals surface area contributed by atoms with E-state index in [1.807, 2.05) is 0 Å². The van der Waals surface area contributed by atoms with Gasteiger partial charge in [-0.25, -0.2) is 14.0 Å². The van der Waals surface area contributed by atoms with Crippen molar-refractivity contribution < 1.29 is 28.2 Å². The molecule has 1 unspecified atom stereocenters. The first kappa shape index (κ1) is 16.3. The molecule has 2 aliphatic heterocycles. The van der Waals surface area contributed by atoms with Gasteiger partial charge in [-0.1, -0.05) is 18.2 Å². The van der Waals surface area contributed by atoms with Gasteiger partial charge in [-0.05, 0) is 36.4 Å². The number of hydrogen-bond acceptors (Lipinski definition) is 6. The quantitative estimate of drug-likeness (QED) is 0.515. The largest absolute Gasteiger partial charge is 0.507 e. The summed E-state index contributed by atoms with van der Waals surface area (Å²) in [6.07, 6.45) is 0.113. The fourth-order valence-corrected chi connectivity index (χ4v) is 3.27. The molecule has 7 heteroatoms. The highest BCUT2D eigenvalue weighted by atomic mass is 19.1. The van der Waals surface area contributed by atoms with Crippen molar-refractivity contribution >= 4 is 28.3 Å². The molecule has 0 aliphatic carbocycles. The summed E-state index contributed by atoms with van der Waals surface area (Å²) < 4.78 is 29.6. The number of carbonyl (C=O) groups is 1. The highest BCUT2D eigenvalue weighted by Gasteiger charge is 2.37. The average Bonchev–Trinajstić information content (AvgIpc) is 2.68. The minimum Gasteiger partial charge on any atom is -0.507 e. The minimum atomic E-state index is -1.19. The molecule has 1 atom stereocenters. The first-order chi connectivity index (χ1) is 13.5. The Hall–Kier alpha value is -3.87. The summed E-state index contributed by atoms with van der Waals surface area (Å²) in [5.74, 6) is -1.46. The Balaban J connectivity index is 1.71. The normalized spacial score (nSPS) is 18.1. The van der Waals surface area contributed by atoms with Gasteiger partial charge in [0.05, 0.1) is 22.3 Å². The lowest BCUT2D eigenvalue weighted by atomic mass is 9.96. The lowest BCUT2D eigenvalue weighted by Gasteiger charge is -2.30. The molecule has 1 N–H and O–H groups in total. The number of rotatable bonds is 1. The smallest absolute Gasteiger partial charge is 0.344 e. The van der Waals surface area contributed by atoms with Crippen molar-refractivity contribution in [2.24, 2.45) is 0 Å². The van der Waals surface area contributed by atoms with Crippen molar-refractivity contribution in [1.82, 2.24) is 0 Å². The molecule has 138 valence electrons. The predicted octanol–water partition coefficient (Wildman–Crippen LogP) is 3.56. The molecule has 0 saturated carbocycles. The van der Waals surface area contributed by atoms with Crippen LogP contribution in [0.25, 0.3) is 22.3 Å². The summed E-state index contributed by atoms with van der Waals surface area (Å²) in [5.41, 5.74) is -0.186. The summed E-state index contributed by atoms with van der Waals surface area (Å²) in [6.45, 7) is 0. The van der Waals surface area contributed by atoms with E-state index in [2.05, 4.69) is 0 Å². The third-order valence-electron chi connectivity index (χ3n) is 4.62. The van der Waals surface area contributed by atoms with Crippen molar-refractivity contribution in [3.63, 3.8) is 0 Å². The van der Waals surface area contributed by atoms with Crippen molar-refractivity contribution in [2.45, 2.75) is 6.29 Å². The van der Waals surface area contributed by atoms with Crippen LogP contribution in [-0.4, -0.2) is 17.4 Å². The van der Waals surface area contributed by atoms with Crippen LogP contribution < -0.4 is 10.4 Å². The van der Waals surface area contributed by atoms with Gasteiger partial charge in [0.1, 0.15) is 22.9 Å². The van der Waals surface area contributed by atoms with E-state index in [1.54, 1.807) is 24.3 Å². The maximum atomic E-state index is 13.6. The topological polar surface area (TPSA) is 86.0 Å². The molecule has 0 bridgehead atoms. The van der Waals surface area contributed by atoms with E-state index in [9.17, 15) is 19.1 Å². The van der Waals surface area contributed by atoms with E-state index < -0.39 is 23.7 Å². The first-order valence-electron chi connectivity index (χ1n) is 8.37. The minimum absolute atomic E-state index is 0.00695. The third kappa shape index (κ3) is 2.40. The van der Waals surface area contributed by atoms with Gasteiger partial charge in [0.15, 0.2) is 0 Å². The van der Waals surface area contributed by atoms with Crippen LogP contribution in [0.4, 0.5) is 4.39 Å². The van der Waals surface area contributed by atoms with E-state index in [1.165, 1.54) is 24.3 Å². The highest BCUT2D eigenvalue weighted by molar-refractivity contribution is 6.18. The number of aliphatic hydroxyl groups excluding tert-OH is 1. The molecule has 28 heavy (non-hydrogen) atoms. The molecule has 6 nitrogen and oxygen atoms in total. The zero-order chi connectivity index (χ0) is 19.4. The maximum absolute atomic E-state index is 13.6. The second-order valence-corrected chi connectivity index (χ2v) is 6.34. The van der Waals surface area contributed by atoms with Crippen LogP contribution in [0.1, 0.15) is 11.1 Å². The van der Waals surface area contributed by atoms with E-state index in [-0.39, 0.29) is 33.8 Å². The van der Waals surface area contributed by atoms with Gasteiger partial charge in [-0.15, -0.1) is 0 Å². The monoisotopic (exact) mass is 378 g/mol. The zero-order valence-electron chi connectivity index (χ0n) is 14.1. The molecule has 2 aromatic carbocycles. The van der Waals surface area contributed by atoms with Gasteiger partial charge in [-0.3, -0.25) is 0 Å². The number of para-hydroxylation sites is 1. The van der Waals surface area contributed by atoms with E-state index in [4.69, 9.17) is 13.9 Å². The molecule has 0 amide bonds. The SMILES string of the molecule is O=C1OC2Oc3ccc(F)cc3C(O)=C2C=C1c1cc2ccccc2oc1=O. The van der Waals surface area contributed by atoms with Gasteiger partial charge in [0.25, 0.3) is 6.29 Å². The molecule has 0 spiro atoms. The van der Waals surface area contributed by atoms with Crippen molar-refractivity contribution in [3.8, 4) is 5.75 Å². The van der Waals surface area contributed by atoms with Gasteiger partial charge in [-0.2, -0.15) is 0 Å². The lowest BCUT2D eigenvalue weighted by Crippen LogP contribution is -2.34. The number of hydrogen-bond donors (Lipinski definition) is 1. The van der Waals surface area contributed by atoms with Crippen LogP contribution in [-0.2, 0) is 9.53 Å². The van der Waals surface area contributed by atoms with Gasteiger partial charge >= 0.3 is 11.6 Å². The van der Waals surface area contributed by atoms with E-state index in [0.29, 0.717) is 11.0 Å². The average molecular weight is 378 g/mol. The summed E-state index contributed by atoms with van der Waals surface area (Å²) >= 11 is 0. The number of aliphatic hydroxyl groups is 1. The number of carbonyl (C=O) groups excluding carboxylic acids is 1. The predicted molar refractivity (Wildman–Crippen MR) is 96.9 cm³/mol. The Labute approximate surface area is 156 Å². The lowest BCUT2D eigenvalue weighted by molar-refractivity contribution is -0.152. The number of benzene rings is 2. The van der Waals surface area contributed by atoms with Crippen LogP contribution in [0.5, 0.6) is 5.75 Å². The number of esters is 1. The van der Waals surface area contributed by atoms with Crippen molar-refractivity contribution in [2.75, 3.05) is 0 Å². The Morgan fingerprint density at radius 2 is 1.79 bits per heavy atom. The molecule has 0 radical (unpaired) electrons. The molecule has 3 heterocycles. The standard InChI is InChI=1S/C21H11FO6/c22-11-5-6-17-14(8-11)18(23)15-9-13(20(25)28-21(15)27-17)12-7-10-3-1-2-4-16(10)26-19(12)24/h1-9,21,23H. The summed E-state index contributed by atoms with van der Waals surface area (Å²) in [4.78, 5) is 24.9. The summed E-state index contributed by atoms with van der Waals surface area (Å²) in [7, 11) is 0. The zero-order valence-corrected chi connectivity index (χ0v) is 14.1. The highest BCUT2D eigenvalue weighted by Crippen LogP contribution is 2.39. The Kier molecular flexibility index (Phi) is 3.39. The molecule has 3 aromatic rings. The van der Waals surface area contributed by atoms with Crippen LogP contribution in [0, 0.1) is 5.82 Å². The molecule has 5 rings (SSSR count). The second kappa shape index (κ2) is 5.82. The van der Waals surface area contributed by atoms with Gasteiger partial charge in [0, 0.05) is 5.39 Å². The number of ether oxygens (including phenoxy) is 2. The van der Waals surface area contributed by atoms with Crippen LogP contribution in [0.2, 0.25) is 0 Å². The van der Waals surface area contributed by atoms with E-state index >= 15 is 0 Å². The first-order valence-corrected chi connectivity index (χ1v) is 8.37. The molecule has 0 saturated heterocycles. The fourth-order valence-electron chi connectivity index (χ4n) is 3.27. The Morgan fingerprint density at radius 3 is 2.64 bits per heavy atom. The maximum Gasteiger partial charge on any atom is 0.344 e. The van der Waals surface area contributed by atoms with Crippen LogP contribution in [0.15, 0.2) is 69.4 Å². The summed E-state index contributed by atoms with van der Waals surface area (Å²) in [6, 6.07) is 12.0. The van der Waals surface area contributed by atoms with E-state index in [0.717, 1.165) is 6.07 Å². The Morgan fingerprint density at radius 1 is 0.964 bits per heavy atom. The molecular formula is C21H11FO6. The molecule has 1 aromatic heterocycles. The molecule has 2 aliphatic rings. The second-order valence-electron chi connectivity index (χ2n) is 6.34. The third-order valence-corrected chi connectivity index (χ3v) is 4.62. The van der Waals surface area contributed by atoms with Crippen LogP contribution >= 0.6 is 0 Å². The number of fused-ring (bicyclic) bond motifs is 3. The van der Waals surface area contributed by atoms with Gasteiger partial charge in [0.2, 0.25) is 0 Å². The fraction of sp³-hybridized carbons (Fsp3) is 0.0476. The van der Waals surface area contributed by atoms with Crippen molar-refractivity contribution in [3.05, 3.63) is 87.5 Å². The van der Waals surface area contributed by atoms with Gasteiger partial charge < -0.3 is 19.0 Å². The Bertz CT molecular complexity index is 1280.